The van der Waals surface area contributed by atoms with Crippen molar-refractivity contribution in [1.82, 2.24) is 4.98 Å². The molecule has 1 fully saturated rings. The van der Waals surface area contributed by atoms with Crippen LogP contribution in [0.5, 0.6) is 11.5 Å². The number of carbonyl (C=O) groups is 2. The van der Waals surface area contributed by atoms with E-state index in [-0.39, 0.29) is 11.3 Å². The lowest BCUT2D eigenvalue weighted by Gasteiger charge is -2.23. The van der Waals surface area contributed by atoms with Crippen LogP contribution in [0.3, 0.4) is 0 Å². The molecule has 158 valence electrons. The molecule has 2 aromatic carbocycles. The van der Waals surface area contributed by atoms with Gasteiger partial charge < -0.3 is 14.6 Å². The van der Waals surface area contributed by atoms with Crippen molar-refractivity contribution in [3.8, 4) is 11.5 Å². The number of Topliss-reactive ketones (excluding diaryl/α,β-unsaturated/α-hetero) is 1. The number of benzene rings is 2. The van der Waals surface area contributed by atoms with Gasteiger partial charge in [0.1, 0.15) is 17.3 Å². The van der Waals surface area contributed by atoms with Crippen molar-refractivity contribution < 1.29 is 24.2 Å². The fourth-order valence-electron chi connectivity index (χ4n) is 3.50. The average molecular weight is 436 g/mol. The second kappa shape index (κ2) is 8.61. The van der Waals surface area contributed by atoms with E-state index in [1.807, 2.05) is 6.92 Å². The van der Waals surface area contributed by atoms with Gasteiger partial charge in [0, 0.05) is 17.1 Å². The van der Waals surface area contributed by atoms with E-state index in [2.05, 4.69) is 4.98 Å². The highest BCUT2D eigenvalue weighted by molar-refractivity contribution is 7.14. The Morgan fingerprint density at radius 3 is 2.35 bits per heavy atom. The minimum Gasteiger partial charge on any atom is -0.507 e. The minimum atomic E-state index is -0.816. The number of ether oxygens (including phenoxy) is 2. The Hall–Kier alpha value is -3.65. The molecule has 0 aliphatic carbocycles. The van der Waals surface area contributed by atoms with Crippen LogP contribution < -0.4 is 14.4 Å². The SMILES string of the molecule is CCOc1ccc(C(O)=C2C(=O)C(=O)N(c3nccs3)[C@@H]2c2ccc(OC)cc2)cc1. The summed E-state index contributed by atoms with van der Waals surface area (Å²) in [5.41, 5.74) is 1.08. The van der Waals surface area contributed by atoms with Crippen molar-refractivity contribution in [2.45, 2.75) is 13.0 Å². The molecule has 1 saturated heterocycles. The number of amides is 1. The number of ketones is 1. The smallest absolute Gasteiger partial charge is 0.301 e. The summed E-state index contributed by atoms with van der Waals surface area (Å²) in [6, 6.07) is 12.9. The summed E-state index contributed by atoms with van der Waals surface area (Å²) in [6.07, 6.45) is 1.57. The molecule has 2 heterocycles. The van der Waals surface area contributed by atoms with Crippen molar-refractivity contribution in [3.05, 3.63) is 76.8 Å². The fraction of sp³-hybridized carbons (Fsp3) is 0.174. The van der Waals surface area contributed by atoms with Crippen LogP contribution in [0.2, 0.25) is 0 Å². The molecular formula is C23H20N2O5S. The third-order valence-electron chi connectivity index (χ3n) is 4.94. The van der Waals surface area contributed by atoms with E-state index >= 15 is 0 Å². The predicted octanol–water partition coefficient (Wildman–Crippen LogP) is 4.18. The quantitative estimate of drug-likeness (QED) is 0.354. The maximum Gasteiger partial charge on any atom is 0.301 e. The van der Waals surface area contributed by atoms with Gasteiger partial charge in [0.05, 0.1) is 25.3 Å². The van der Waals surface area contributed by atoms with Crippen LogP contribution in [0.25, 0.3) is 5.76 Å². The molecule has 1 aromatic heterocycles. The van der Waals surface area contributed by atoms with Crippen LogP contribution in [0.4, 0.5) is 5.13 Å². The summed E-state index contributed by atoms with van der Waals surface area (Å²) in [4.78, 5) is 31.5. The van der Waals surface area contributed by atoms with Crippen LogP contribution >= 0.6 is 11.3 Å². The number of aliphatic hydroxyl groups excluding tert-OH is 1. The number of aromatic nitrogens is 1. The van der Waals surface area contributed by atoms with Crippen LogP contribution in [-0.2, 0) is 9.59 Å². The molecule has 1 N–H and O–H groups in total. The largest absolute Gasteiger partial charge is 0.507 e. The lowest BCUT2D eigenvalue weighted by molar-refractivity contribution is -0.132. The number of thiazole rings is 1. The van der Waals surface area contributed by atoms with E-state index in [9.17, 15) is 14.7 Å². The number of anilines is 1. The molecule has 7 nitrogen and oxygen atoms in total. The van der Waals surface area contributed by atoms with Gasteiger partial charge in [-0.2, -0.15) is 0 Å². The number of rotatable bonds is 6. The van der Waals surface area contributed by atoms with Gasteiger partial charge in [-0.25, -0.2) is 4.98 Å². The van der Waals surface area contributed by atoms with Gasteiger partial charge in [-0.15, -0.1) is 11.3 Å². The molecule has 1 aliphatic rings. The molecule has 31 heavy (non-hydrogen) atoms. The highest BCUT2D eigenvalue weighted by Gasteiger charge is 2.47. The first kappa shape index (κ1) is 20.6. The molecule has 0 unspecified atom stereocenters. The molecule has 4 rings (SSSR count). The Morgan fingerprint density at radius 1 is 1.10 bits per heavy atom. The summed E-state index contributed by atoms with van der Waals surface area (Å²) in [7, 11) is 1.56. The Bertz CT molecular complexity index is 1120. The van der Waals surface area contributed by atoms with Gasteiger partial charge in [0.25, 0.3) is 5.78 Å². The Balaban J connectivity index is 1.85. The van der Waals surface area contributed by atoms with E-state index in [1.165, 1.54) is 16.2 Å². The number of hydrogen-bond acceptors (Lipinski definition) is 7. The van der Waals surface area contributed by atoms with Gasteiger partial charge in [-0.05, 0) is 48.9 Å². The van der Waals surface area contributed by atoms with Gasteiger partial charge in [0.2, 0.25) is 0 Å². The molecule has 0 saturated carbocycles. The third kappa shape index (κ3) is 3.77. The highest BCUT2D eigenvalue weighted by atomic mass is 32.1. The minimum absolute atomic E-state index is 0.00882. The summed E-state index contributed by atoms with van der Waals surface area (Å²) >= 11 is 1.25. The van der Waals surface area contributed by atoms with Crippen molar-refractivity contribution in [3.63, 3.8) is 0 Å². The van der Waals surface area contributed by atoms with Crippen LogP contribution in [0, 0.1) is 0 Å². The monoisotopic (exact) mass is 436 g/mol. The van der Waals surface area contributed by atoms with Crippen LogP contribution in [-0.4, -0.2) is 35.5 Å². The molecule has 1 amide bonds. The van der Waals surface area contributed by atoms with E-state index < -0.39 is 17.7 Å². The summed E-state index contributed by atoms with van der Waals surface area (Å²) in [5.74, 6) is -0.456. The molecular weight excluding hydrogens is 416 g/mol. The number of carbonyl (C=O) groups excluding carboxylic acids is 2. The number of methoxy groups -OCH3 is 1. The van der Waals surface area contributed by atoms with E-state index in [4.69, 9.17) is 9.47 Å². The zero-order valence-electron chi connectivity index (χ0n) is 16.9. The number of hydrogen-bond donors (Lipinski definition) is 1. The predicted molar refractivity (Wildman–Crippen MR) is 118 cm³/mol. The maximum atomic E-state index is 13.0. The molecule has 3 aromatic rings. The lowest BCUT2D eigenvalue weighted by Crippen LogP contribution is -2.29. The second-order valence-corrected chi connectivity index (χ2v) is 7.59. The van der Waals surface area contributed by atoms with Crippen molar-refractivity contribution in [1.29, 1.82) is 0 Å². The molecule has 0 radical (unpaired) electrons. The molecule has 1 aliphatic heterocycles. The maximum absolute atomic E-state index is 13.0. The molecule has 8 heteroatoms. The van der Waals surface area contributed by atoms with Crippen LogP contribution in [0.15, 0.2) is 65.7 Å². The first-order valence-corrected chi connectivity index (χ1v) is 10.5. The van der Waals surface area contributed by atoms with E-state index in [0.29, 0.717) is 34.4 Å². The highest BCUT2D eigenvalue weighted by Crippen LogP contribution is 2.43. The zero-order valence-corrected chi connectivity index (χ0v) is 17.8. The standard InChI is InChI=1S/C23H20N2O5S/c1-3-30-17-10-6-15(7-11-17)20(26)18-19(14-4-8-16(29-2)9-5-14)25(22(28)21(18)27)23-24-12-13-31-23/h4-13,19,26H,3H2,1-2H3/t19-/m1/s1. The molecule has 0 spiro atoms. The number of nitrogens with zero attached hydrogens (tertiary/aromatic N) is 2. The van der Waals surface area contributed by atoms with E-state index in [1.54, 1.807) is 67.2 Å². The van der Waals surface area contributed by atoms with Crippen molar-refractivity contribution in [2.75, 3.05) is 18.6 Å². The van der Waals surface area contributed by atoms with Gasteiger partial charge in [-0.3, -0.25) is 14.5 Å². The fourth-order valence-corrected chi connectivity index (χ4v) is 4.16. The Kier molecular flexibility index (Phi) is 5.73. The average Bonchev–Trinajstić information content (AvgIpc) is 3.41. The van der Waals surface area contributed by atoms with E-state index in [0.717, 1.165) is 0 Å². The van der Waals surface area contributed by atoms with Crippen LogP contribution in [0.1, 0.15) is 24.1 Å². The molecule has 0 bridgehead atoms. The first-order chi connectivity index (χ1) is 15.0. The van der Waals surface area contributed by atoms with Crippen molar-refractivity contribution in [2.24, 2.45) is 0 Å². The number of aliphatic hydroxyl groups is 1. The summed E-state index contributed by atoms with van der Waals surface area (Å²) in [6.45, 7) is 2.39. The Morgan fingerprint density at radius 2 is 1.77 bits per heavy atom. The first-order valence-electron chi connectivity index (χ1n) is 9.62. The van der Waals surface area contributed by atoms with Gasteiger partial charge >= 0.3 is 5.91 Å². The topological polar surface area (TPSA) is 89.0 Å². The normalized spacial score (nSPS) is 17.7. The third-order valence-corrected chi connectivity index (χ3v) is 5.71. The summed E-state index contributed by atoms with van der Waals surface area (Å²) < 4.78 is 10.7. The second-order valence-electron chi connectivity index (χ2n) is 6.71. The van der Waals surface area contributed by atoms with Gasteiger partial charge in [0.15, 0.2) is 5.13 Å². The lowest BCUT2D eigenvalue weighted by atomic mass is 9.95. The summed E-state index contributed by atoms with van der Waals surface area (Å²) in [5, 5.41) is 13.2. The van der Waals surface area contributed by atoms with Crippen molar-refractivity contribution >= 4 is 33.9 Å². The van der Waals surface area contributed by atoms with Gasteiger partial charge in [-0.1, -0.05) is 12.1 Å². The zero-order chi connectivity index (χ0) is 22.0. The Labute approximate surface area is 183 Å². The molecule has 1 atom stereocenters.